The maximum absolute atomic E-state index is 11.4. The first-order valence-electron chi connectivity index (χ1n) is 5.98. The monoisotopic (exact) mass is 253 g/mol. The smallest absolute Gasteiger partial charge is 0.211 e. The molecule has 0 amide bonds. The fourth-order valence-electron chi connectivity index (χ4n) is 2.44. The van der Waals surface area contributed by atoms with E-state index in [1.165, 1.54) is 17.4 Å². The van der Waals surface area contributed by atoms with Crippen LogP contribution in [0.15, 0.2) is 24.3 Å². The van der Waals surface area contributed by atoms with Gasteiger partial charge in [0.25, 0.3) is 0 Å². The van der Waals surface area contributed by atoms with E-state index in [0.717, 1.165) is 12.8 Å². The van der Waals surface area contributed by atoms with Gasteiger partial charge in [-0.25, -0.2) is 12.7 Å². The molecule has 0 radical (unpaired) electrons. The third kappa shape index (κ3) is 3.07. The van der Waals surface area contributed by atoms with Crippen LogP contribution in [0, 0.1) is 6.92 Å². The van der Waals surface area contributed by atoms with Crippen molar-refractivity contribution in [2.75, 3.05) is 19.3 Å². The summed E-state index contributed by atoms with van der Waals surface area (Å²) in [4.78, 5) is 0. The predicted molar refractivity (Wildman–Crippen MR) is 69.6 cm³/mol. The van der Waals surface area contributed by atoms with Crippen molar-refractivity contribution in [2.45, 2.75) is 25.7 Å². The zero-order chi connectivity index (χ0) is 12.5. The third-order valence-corrected chi connectivity index (χ3v) is 4.74. The van der Waals surface area contributed by atoms with Crippen LogP contribution < -0.4 is 0 Å². The molecule has 0 aromatic heterocycles. The van der Waals surface area contributed by atoms with Gasteiger partial charge in [0.2, 0.25) is 10.0 Å². The van der Waals surface area contributed by atoms with E-state index in [1.54, 1.807) is 4.31 Å². The van der Waals surface area contributed by atoms with Crippen molar-refractivity contribution in [3.63, 3.8) is 0 Å². The van der Waals surface area contributed by atoms with Crippen LogP contribution in [-0.4, -0.2) is 32.1 Å². The molecule has 0 N–H and O–H groups in total. The highest BCUT2D eigenvalue weighted by Crippen LogP contribution is 2.29. The molecule has 0 bridgehead atoms. The summed E-state index contributed by atoms with van der Waals surface area (Å²) in [6.45, 7) is 3.39. The Labute approximate surface area is 104 Å². The van der Waals surface area contributed by atoms with Gasteiger partial charge in [0.1, 0.15) is 0 Å². The van der Waals surface area contributed by atoms with E-state index in [-0.39, 0.29) is 0 Å². The van der Waals surface area contributed by atoms with E-state index in [9.17, 15) is 8.42 Å². The zero-order valence-corrected chi connectivity index (χ0v) is 11.2. The largest absolute Gasteiger partial charge is 0.213 e. The Hall–Kier alpha value is -0.870. The number of aryl methyl sites for hydroxylation is 1. The summed E-state index contributed by atoms with van der Waals surface area (Å²) in [5.74, 6) is 0.507. The molecule has 1 fully saturated rings. The second-order valence-corrected chi connectivity index (χ2v) is 6.83. The Balaban J connectivity index is 2.05. The number of nitrogens with zero attached hydrogens (tertiary/aromatic N) is 1. The van der Waals surface area contributed by atoms with Gasteiger partial charge in [0.05, 0.1) is 6.26 Å². The van der Waals surface area contributed by atoms with Gasteiger partial charge < -0.3 is 0 Å². The maximum Gasteiger partial charge on any atom is 0.211 e. The van der Waals surface area contributed by atoms with Crippen molar-refractivity contribution in [3.8, 4) is 0 Å². The molecule has 0 spiro atoms. The molecule has 17 heavy (non-hydrogen) atoms. The highest BCUT2D eigenvalue weighted by atomic mass is 32.2. The molecule has 1 heterocycles. The topological polar surface area (TPSA) is 37.4 Å². The lowest BCUT2D eigenvalue weighted by Crippen LogP contribution is -2.37. The van der Waals surface area contributed by atoms with Crippen LogP contribution in [0.25, 0.3) is 0 Å². The summed E-state index contributed by atoms with van der Waals surface area (Å²) in [6.07, 6.45) is 3.15. The first-order chi connectivity index (χ1) is 7.97. The first kappa shape index (κ1) is 12.6. The molecule has 1 saturated heterocycles. The molecule has 1 aromatic rings. The third-order valence-electron chi connectivity index (χ3n) is 3.44. The summed E-state index contributed by atoms with van der Waals surface area (Å²) < 4.78 is 24.4. The van der Waals surface area contributed by atoms with Crippen LogP contribution in [0.4, 0.5) is 0 Å². The Morgan fingerprint density at radius 2 is 1.88 bits per heavy atom. The summed E-state index contributed by atoms with van der Waals surface area (Å²) in [5, 5.41) is 0. The summed E-state index contributed by atoms with van der Waals surface area (Å²) >= 11 is 0. The number of benzene rings is 1. The minimum absolute atomic E-state index is 0.507. The number of sulfonamides is 1. The van der Waals surface area contributed by atoms with Gasteiger partial charge in [-0.3, -0.25) is 0 Å². The van der Waals surface area contributed by atoms with Gasteiger partial charge in [-0.2, -0.15) is 0 Å². The molecule has 0 saturated carbocycles. The first-order valence-corrected chi connectivity index (χ1v) is 7.83. The normalized spacial score (nSPS) is 19.4. The number of rotatable bonds is 2. The Morgan fingerprint density at radius 1 is 1.24 bits per heavy atom. The lowest BCUT2D eigenvalue weighted by atomic mass is 9.89. The highest BCUT2D eigenvalue weighted by Gasteiger charge is 2.25. The lowest BCUT2D eigenvalue weighted by molar-refractivity contribution is 0.321. The average molecular weight is 253 g/mol. The van der Waals surface area contributed by atoms with E-state index in [1.807, 2.05) is 0 Å². The molecular weight excluding hydrogens is 234 g/mol. The van der Waals surface area contributed by atoms with E-state index in [4.69, 9.17) is 0 Å². The Bertz CT molecular complexity index is 488. The molecule has 1 aromatic carbocycles. The summed E-state index contributed by atoms with van der Waals surface area (Å²) in [7, 11) is -3.01. The molecule has 1 aliphatic rings. The van der Waals surface area contributed by atoms with Crippen molar-refractivity contribution >= 4 is 10.0 Å². The van der Waals surface area contributed by atoms with Gasteiger partial charge in [-0.05, 0) is 31.2 Å². The van der Waals surface area contributed by atoms with Crippen molar-refractivity contribution in [3.05, 3.63) is 35.4 Å². The fraction of sp³-hybridized carbons (Fsp3) is 0.538. The van der Waals surface area contributed by atoms with Crippen LogP contribution >= 0.6 is 0 Å². The fourth-order valence-corrected chi connectivity index (χ4v) is 3.32. The van der Waals surface area contributed by atoms with E-state index in [2.05, 4.69) is 31.2 Å². The van der Waals surface area contributed by atoms with Crippen molar-refractivity contribution in [2.24, 2.45) is 0 Å². The Kier molecular flexibility index (Phi) is 3.54. The van der Waals surface area contributed by atoms with E-state index in [0.29, 0.717) is 19.0 Å². The SMILES string of the molecule is Cc1cccc(C2CCN(S(C)(=O)=O)CC2)c1. The highest BCUT2D eigenvalue weighted by molar-refractivity contribution is 7.88. The minimum atomic E-state index is -3.01. The quantitative estimate of drug-likeness (QED) is 0.809. The number of piperidine rings is 1. The van der Waals surface area contributed by atoms with Gasteiger partial charge in [-0.1, -0.05) is 29.8 Å². The molecule has 0 aliphatic carbocycles. The van der Waals surface area contributed by atoms with Crippen molar-refractivity contribution in [1.29, 1.82) is 0 Å². The van der Waals surface area contributed by atoms with Crippen LogP contribution in [0.5, 0.6) is 0 Å². The van der Waals surface area contributed by atoms with Gasteiger partial charge in [0, 0.05) is 13.1 Å². The average Bonchev–Trinajstić information content (AvgIpc) is 2.28. The van der Waals surface area contributed by atoms with Gasteiger partial charge >= 0.3 is 0 Å². The summed E-state index contributed by atoms with van der Waals surface area (Å²) in [5.41, 5.74) is 2.62. The molecule has 3 nitrogen and oxygen atoms in total. The second kappa shape index (κ2) is 4.78. The number of hydrogen-bond acceptors (Lipinski definition) is 2. The van der Waals surface area contributed by atoms with E-state index < -0.39 is 10.0 Å². The molecule has 94 valence electrons. The number of hydrogen-bond donors (Lipinski definition) is 0. The predicted octanol–water partition coefficient (Wildman–Crippen LogP) is 2.13. The van der Waals surface area contributed by atoms with Crippen LogP contribution in [0.1, 0.15) is 29.9 Å². The van der Waals surface area contributed by atoms with Crippen LogP contribution in [0.2, 0.25) is 0 Å². The maximum atomic E-state index is 11.4. The molecule has 0 unspecified atom stereocenters. The molecule has 0 atom stereocenters. The van der Waals surface area contributed by atoms with E-state index >= 15 is 0 Å². The molecule has 4 heteroatoms. The molecule has 2 rings (SSSR count). The van der Waals surface area contributed by atoms with Crippen LogP contribution in [0.3, 0.4) is 0 Å². The zero-order valence-electron chi connectivity index (χ0n) is 10.4. The standard InChI is InChI=1S/C13H19NO2S/c1-11-4-3-5-13(10-11)12-6-8-14(9-7-12)17(2,15)16/h3-5,10,12H,6-9H2,1-2H3. The van der Waals surface area contributed by atoms with Crippen molar-refractivity contribution < 1.29 is 8.42 Å². The van der Waals surface area contributed by atoms with Gasteiger partial charge in [-0.15, -0.1) is 0 Å². The minimum Gasteiger partial charge on any atom is -0.213 e. The Morgan fingerprint density at radius 3 is 2.41 bits per heavy atom. The van der Waals surface area contributed by atoms with Crippen molar-refractivity contribution in [1.82, 2.24) is 4.31 Å². The van der Waals surface area contributed by atoms with Gasteiger partial charge in [0.15, 0.2) is 0 Å². The molecule has 1 aliphatic heterocycles. The van der Waals surface area contributed by atoms with Crippen LogP contribution in [-0.2, 0) is 10.0 Å². The lowest BCUT2D eigenvalue weighted by Gasteiger charge is -2.30. The summed E-state index contributed by atoms with van der Waals surface area (Å²) in [6, 6.07) is 8.53. The second-order valence-electron chi connectivity index (χ2n) is 4.85. The molecular formula is C13H19NO2S.